The van der Waals surface area contributed by atoms with E-state index in [1.807, 2.05) is 0 Å². The maximum absolute atomic E-state index is 14.3. The molecule has 0 N–H and O–H groups in total. The predicted molar refractivity (Wildman–Crippen MR) is 99.5 cm³/mol. The lowest BCUT2D eigenvalue weighted by atomic mass is 9.75. The van der Waals surface area contributed by atoms with E-state index in [4.69, 9.17) is 9.47 Å². The number of ether oxygens (including phenoxy) is 2. The number of allylic oxidation sites excluding steroid dienone is 1. The molecule has 1 aliphatic heterocycles. The van der Waals surface area contributed by atoms with Crippen LogP contribution in [0.5, 0.6) is 5.75 Å². The van der Waals surface area contributed by atoms with Crippen molar-refractivity contribution in [2.75, 3.05) is 13.7 Å². The van der Waals surface area contributed by atoms with Crippen LogP contribution < -0.4 is 4.74 Å². The molecule has 2 atom stereocenters. The molecule has 144 valence electrons. The number of halogens is 2. The first-order valence-electron chi connectivity index (χ1n) is 9.94. The van der Waals surface area contributed by atoms with E-state index < -0.39 is 11.6 Å². The molecule has 0 aromatic heterocycles. The van der Waals surface area contributed by atoms with E-state index in [-0.39, 0.29) is 11.7 Å². The van der Waals surface area contributed by atoms with Gasteiger partial charge >= 0.3 is 0 Å². The Morgan fingerprint density at radius 3 is 2.46 bits per heavy atom. The third-order valence-corrected chi connectivity index (χ3v) is 6.02. The molecule has 2 unspecified atom stereocenters. The first kappa shape index (κ1) is 19.3. The lowest BCUT2D eigenvalue weighted by Gasteiger charge is -2.37. The summed E-state index contributed by atoms with van der Waals surface area (Å²) in [6.07, 6.45) is 12.1. The van der Waals surface area contributed by atoms with Gasteiger partial charge in [0.1, 0.15) is 0 Å². The summed E-state index contributed by atoms with van der Waals surface area (Å²) in [4.78, 5) is 0. The fourth-order valence-electron chi connectivity index (χ4n) is 4.47. The second-order valence-electron chi connectivity index (χ2n) is 7.64. The Labute approximate surface area is 155 Å². The van der Waals surface area contributed by atoms with Crippen molar-refractivity contribution in [3.63, 3.8) is 0 Å². The summed E-state index contributed by atoms with van der Waals surface area (Å²) in [5.41, 5.74) is 0.496. The van der Waals surface area contributed by atoms with Gasteiger partial charge in [0.2, 0.25) is 5.82 Å². The monoisotopic (exact) mass is 364 g/mol. The van der Waals surface area contributed by atoms with Crippen LogP contribution in [0.4, 0.5) is 8.78 Å². The molecule has 1 aromatic rings. The number of rotatable bonds is 5. The summed E-state index contributed by atoms with van der Waals surface area (Å²) in [6, 6.07) is 3.22. The summed E-state index contributed by atoms with van der Waals surface area (Å²) in [5, 5.41) is 0. The SMILES string of the molecule is CCC=CC1CCC(C2CCC(c3ccc(OC)c(F)c3F)CC2)OC1. The maximum Gasteiger partial charge on any atom is 0.200 e. The number of methoxy groups -OCH3 is 1. The summed E-state index contributed by atoms with van der Waals surface area (Å²) in [6.45, 7) is 2.97. The Bertz CT molecular complexity index is 613. The van der Waals surface area contributed by atoms with Crippen molar-refractivity contribution < 1.29 is 18.3 Å². The van der Waals surface area contributed by atoms with Crippen LogP contribution in [0.25, 0.3) is 0 Å². The first-order valence-corrected chi connectivity index (χ1v) is 9.94. The highest BCUT2D eigenvalue weighted by Crippen LogP contribution is 2.41. The van der Waals surface area contributed by atoms with Crippen molar-refractivity contribution in [3.05, 3.63) is 41.5 Å². The molecule has 0 bridgehead atoms. The normalized spacial score (nSPS) is 29.8. The van der Waals surface area contributed by atoms with Gasteiger partial charge in [-0.15, -0.1) is 0 Å². The number of hydrogen-bond acceptors (Lipinski definition) is 2. The van der Waals surface area contributed by atoms with Crippen LogP contribution in [0.2, 0.25) is 0 Å². The second kappa shape index (κ2) is 8.98. The Kier molecular flexibility index (Phi) is 6.68. The zero-order valence-electron chi connectivity index (χ0n) is 15.8. The Morgan fingerprint density at radius 1 is 1.08 bits per heavy atom. The molecule has 0 amide bonds. The summed E-state index contributed by atoms with van der Waals surface area (Å²) in [5.74, 6) is -0.439. The average Bonchev–Trinajstić information content (AvgIpc) is 2.69. The molecule has 4 heteroatoms. The van der Waals surface area contributed by atoms with E-state index in [2.05, 4.69) is 19.1 Å². The summed E-state index contributed by atoms with van der Waals surface area (Å²) in [7, 11) is 1.36. The van der Waals surface area contributed by atoms with Crippen LogP contribution >= 0.6 is 0 Å². The average molecular weight is 364 g/mol. The van der Waals surface area contributed by atoms with Gasteiger partial charge in [-0.2, -0.15) is 4.39 Å². The van der Waals surface area contributed by atoms with Crippen molar-refractivity contribution in [1.82, 2.24) is 0 Å². The lowest BCUT2D eigenvalue weighted by Crippen LogP contribution is -2.33. The molecule has 1 heterocycles. The van der Waals surface area contributed by atoms with Gasteiger partial charge in [-0.1, -0.05) is 25.1 Å². The standard InChI is InChI=1S/C22H30F2O2/c1-3-4-5-15-6-12-19(26-14-15)17-9-7-16(8-10-17)18-11-13-20(25-2)22(24)21(18)23/h4-5,11,13,15-17,19H,3,6-10,12,14H2,1-2H3. The van der Waals surface area contributed by atoms with Gasteiger partial charge < -0.3 is 9.47 Å². The third kappa shape index (κ3) is 4.28. The quantitative estimate of drug-likeness (QED) is 0.596. The van der Waals surface area contributed by atoms with E-state index in [9.17, 15) is 8.78 Å². The Morgan fingerprint density at radius 2 is 1.85 bits per heavy atom. The van der Waals surface area contributed by atoms with Crippen LogP contribution in [0.3, 0.4) is 0 Å². The molecule has 0 spiro atoms. The minimum atomic E-state index is -0.867. The van der Waals surface area contributed by atoms with Crippen LogP contribution in [0, 0.1) is 23.5 Å². The zero-order valence-corrected chi connectivity index (χ0v) is 15.8. The topological polar surface area (TPSA) is 18.5 Å². The Hall–Kier alpha value is -1.42. The molecule has 1 aromatic carbocycles. The lowest BCUT2D eigenvalue weighted by molar-refractivity contribution is -0.0471. The molecule has 1 saturated carbocycles. The molecule has 2 fully saturated rings. The van der Waals surface area contributed by atoms with Gasteiger partial charge in [-0.05, 0) is 68.4 Å². The van der Waals surface area contributed by atoms with E-state index >= 15 is 0 Å². The van der Waals surface area contributed by atoms with Crippen LogP contribution in [0.15, 0.2) is 24.3 Å². The van der Waals surface area contributed by atoms with Gasteiger partial charge in [-0.25, -0.2) is 4.39 Å². The second-order valence-corrected chi connectivity index (χ2v) is 7.64. The van der Waals surface area contributed by atoms with E-state index in [1.165, 1.54) is 19.6 Å². The van der Waals surface area contributed by atoms with E-state index in [0.717, 1.165) is 45.1 Å². The molecule has 2 aliphatic rings. The highest BCUT2D eigenvalue weighted by molar-refractivity contribution is 5.33. The molecule has 2 nitrogen and oxygen atoms in total. The molecule has 3 rings (SSSR count). The van der Waals surface area contributed by atoms with Gasteiger partial charge in [0, 0.05) is 5.92 Å². The van der Waals surface area contributed by atoms with E-state index in [0.29, 0.717) is 23.5 Å². The maximum atomic E-state index is 14.3. The highest BCUT2D eigenvalue weighted by Gasteiger charge is 2.32. The minimum absolute atomic E-state index is 0.0257. The molecule has 0 radical (unpaired) electrons. The molecule has 1 saturated heterocycles. The molecular weight excluding hydrogens is 334 g/mol. The van der Waals surface area contributed by atoms with Gasteiger partial charge in [-0.3, -0.25) is 0 Å². The zero-order chi connectivity index (χ0) is 18.5. The Balaban J connectivity index is 1.54. The largest absolute Gasteiger partial charge is 0.494 e. The fourth-order valence-corrected chi connectivity index (χ4v) is 4.47. The summed E-state index contributed by atoms with van der Waals surface area (Å²) >= 11 is 0. The van der Waals surface area contributed by atoms with Crippen molar-refractivity contribution in [2.45, 2.75) is 63.9 Å². The number of hydrogen-bond donors (Lipinski definition) is 0. The van der Waals surface area contributed by atoms with Crippen LogP contribution in [-0.4, -0.2) is 19.8 Å². The van der Waals surface area contributed by atoms with Crippen molar-refractivity contribution in [2.24, 2.45) is 11.8 Å². The van der Waals surface area contributed by atoms with Gasteiger partial charge in [0.25, 0.3) is 0 Å². The fraction of sp³-hybridized carbons (Fsp3) is 0.636. The van der Waals surface area contributed by atoms with Crippen molar-refractivity contribution in [3.8, 4) is 5.75 Å². The van der Waals surface area contributed by atoms with E-state index in [1.54, 1.807) is 6.07 Å². The minimum Gasteiger partial charge on any atom is -0.494 e. The van der Waals surface area contributed by atoms with Gasteiger partial charge in [0.05, 0.1) is 19.8 Å². The van der Waals surface area contributed by atoms with Crippen LogP contribution in [0.1, 0.15) is 63.4 Å². The predicted octanol–water partition coefficient (Wildman–Crippen LogP) is 6.01. The smallest absolute Gasteiger partial charge is 0.200 e. The number of benzene rings is 1. The van der Waals surface area contributed by atoms with Crippen molar-refractivity contribution in [1.29, 1.82) is 0 Å². The highest BCUT2D eigenvalue weighted by atomic mass is 19.2. The first-order chi connectivity index (χ1) is 12.6. The van der Waals surface area contributed by atoms with Crippen molar-refractivity contribution >= 4 is 0 Å². The molecular formula is C22H30F2O2. The van der Waals surface area contributed by atoms with Crippen LogP contribution in [-0.2, 0) is 4.74 Å². The summed E-state index contributed by atoms with van der Waals surface area (Å²) < 4.78 is 39.3. The molecule has 1 aliphatic carbocycles. The molecule has 26 heavy (non-hydrogen) atoms. The third-order valence-electron chi connectivity index (χ3n) is 6.02. The van der Waals surface area contributed by atoms with Gasteiger partial charge in [0.15, 0.2) is 11.6 Å².